The van der Waals surface area contributed by atoms with E-state index in [0.717, 1.165) is 11.3 Å². The van der Waals surface area contributed by atoms with Crippen LogP contribution in [0, 0.1) is 6.92 Å². The number of aromatic nitrogens is 3. The minimum Gasteiger partial charge on any atom is -0.481 e. The zero-order valence-corrected chi connectivity index (χ0v) is 23.1. The van der Waals surface area contributed by atoms with Gasteiger partial charge in [0, 0.05) is 42.9 Å². The van der Waals surface area contributed by atoms with Gasteiger partial charge in [-0.15, -0.1) is 0 Å². The number of allylic oxidation sites excluding steroid dienone is 3. The van der Waals surface area contributed by atoms with Gasteiger partial charge in [-0.05, 0) is 56.0 Å². The van der Waals surface area contributed by atoms with Crippen LogP contribution in [-0.4, -0.2) is 52.9 Å². The number of carboxylic acid groups (broad SMARTS) is 1. The van der Waals surface area contributed by atoms with E-state index >= 15 is 0 Å². The third-order valence-corrected chi connectivity index (χ3v) is 9.05. The molecule has 3 aromatic rings. The Morgan fingerprint density at radius 2 is 1.95 bits per heavy atom. The smallest absolute Gasteiger partial charge is 0.303 e. The quantitative estimate of drug-likeness (QED) is 0.339. The molecule has 11 heteroatoms. The highest BCUT2D eigenvalue weighted by atomic mass is 32.2. The lowest BCUT2D eigenvalue weighted by Gasteiger charge is -2.19. The van der Waals surface area contributed by atoms with Gasteiger partial charge in [-0.2, -0.15) is 9.46 Å². The number of amides is 2. The highest BCUT2D eigenvalue weighted by Gasteiger charge is 2.23. The van der Waals surface area contributed by atoms with Crippen molar-refractivity contribution in [2.45, 2.75) is 37.9 Å². The van der Waals surface area contributed by atoms with Gasteiger partial charge in [-0.25, -0.2) is 4.21 Å². The van der Waals surface area contributed by atoms with Crippen LogP contribution in [-0.2, 0) is 21.6 Å². The van der Waals surface area contributed by atoms with Crippen LogP contribution < -0.4 is 5.32 Å². The predicted molar refractivity (Wildman–Crippen MR) is 154 cm³/mol. The van der Waals surface area contributed by atoms with Gasteiger partial charge >= 0.3 is 5.97 Å². The lowest BCUT2D eigenvalue weighted by Crippen LogP contribution is -2.24. The van der Waals surface area contributed by atoms with Crippen LogP contribution >= 0.6 is 0 Å². The number of carboxylic acids is 1. The second-order valence-electron chi connectivity index (χ2n) is 9.52. The van der Waals surface area contributed by atoms with Crippen LogP contribution in [0.2, 0.25) is 0 Å². The van der Waals surface area contributed by atoms with Crippen molar-refractivity contribution < 1.29 is 23.7 Å². The molecule has 1 unspecified atom stereocenters. The Balaban J connectivity index is 1.56. The average molecular weight is 562 g/mol. The Hall–Kier alpha value is -4.38. The fourth-order valence-electron chi connectivity index (χ4n) is 4.38. The summed E-state index contributed by atoms with van der Waals surface area (Å²) in [5.74, 6) is -1.74. The van der Waals surface area contributed by atoms with E-state index in [1.54, 1.807) is 55.7 Å². The van der Waals surface area contributed by atoms with Gasteiger partial charge in [0.2, 0.25) is 0 Å². The largest absolute Gasteiger partial charge is 0.481 e. The maximum absolute atomic E-state index is 13.9. The molecule has 0 spiro atoms. The van der Waals surface area contributed by atoms with E-state index in [1.165, 1.54) is 10.9 Å². The number of unbranched alkanes of at least 4 members (excludes halogenated alkanes) is 1. The molecule has 0 bridgehead atoms. The van der Waals surface area contributed by atoms with Crippen molar-refractivity contribution in [1.82, 2.24) is 14.8 Å². The number of carbonyl (C=O) groups is 3. The second kappa shape index (κ2) is 12.6. The number of hydrogen-bond acceptors (Lipinski definition) is 6. The number of benzene rings is 1. The first kappa shape index (κ1) is 28.6. The minimum absolute atomic E-state index is 0.0307. The number of nitrogens with one attached hydrogen (secondary N) is 1. The summed E-state index contributed by atoms with van der Waals surface area (Å²) in [5.41, 5.74) is 3.25. The van der Waals surface area contributed by atoms with Crippen molar-refractivity contribution in [3.8, 4) is 11.1 Å². The Bertz CT molecular complexity index is 1610. The van der Waals surface area contributed by atoms with Crippen LogP contribution in [0.5, 0.6) is 0 Å². The lowest BCUT2D eigenvalue weighted by molar-refractivity contribution is -0.137. The maximum atomic E-state index is 13.9. The normalized spacial score (nSPS) is 15.8. The summed E-state index contributed by atoms with van der Waals surface area (Å²) in [6, 6.07) is 10.5. The Morgan fingerprint density at radius 1 is 1.12 bits per heavy atom. The van der Waals surface area contributed by atoms with Crippen molar-refractivity contribution in [2.75, 3.05) is 11.1 Å². The third kappa shape index (κ3) is 7.17. The Morgan fingerprint density at radius 3 is 2.65 bits per heavy atom. The summed E-state index contributed by atoms with van der Waals surface area (Å²) in [4.78, 5) is 41.1. The number of rotatable bonds is 10. The van der Waals surface area contributed by atoms with Gasteiger partial charge in [-0.3, -0.25) is 24.0 Å². The second-order valence-corrected chi connectivity index (χ2v) is 12.1. The zero-order chi connectivity index (χ0) is 28.7. The SMILES string of the molecule is Cc1cc(C(=O)Nc2cccc(-c3cncc(C(=O)N=[S@](=O)(CCCCC(=O)O)C4C=CC=CC4)c3)c2)n(C)n1. The van der Waals surface area contributed by atoms with Crippen molar-refractivity contribution in [3.63, 3.8) is 0 Å². The first-order valence-electron chi connectivity index (χ1n) is 12.9. The predicted octanol–water partition coefficient (Wildman–Crippen LogP) is 4.79. The monoisotopic (exact) mass is 561 g/mol. The molecule has 0 aliphatic heterocycles. The van der Waals surface area contributed by atoms with Crippen LogP contribution in [0.4, 0.5) is 5.69 Å². The summed E-state index contributed by atoms with van der Waals surface area (Å²) in [6.07, 6.45) is 11.5. The lowest BCUT2D eigenvalue weighted by atomic mass is 10.1. The molecule has 0 radical (unpaired) electrons. The average Bonchev–Trinajstić information content (AvgIpc) is 3.29. The molecule has 1 aliphatic carbocycles. The van der Waals surface area contributed by atoms with E-state index in [4.69, 9.17) is 5.11 Å². The van der Waals surface area contributed by atoms with E-state index in [-0.39, 0.29) is 23.6 Å². The number of aryl methyl sites for hydroxylation is 2. The molecule has 40 heavy (non-hydrogen) atoms. The summed E-state index contributed by atoms with van der Waals surface area (Å²) in [5, 5.41) is 15.6. The molecule has 0 fully saturated rings. The molecule has 0 saturated carbocycles. The molecule has 2 amide bonds. The molecular formula is C29H31N5O5S. The molecule has 4 rings (SSSR count). The molecule has 2 heterocycles. The van der Waals surface area contributed by atoms with Gasteiger partial charge < -0.3 is 10.4 Å². The van der Waals surface area contributed by atoms with Crippen molar-refractivity contribution in [3.05, 3.63) is 90.0 Å². The number of hydrogen-bond donors (Lipinski definition) is 2. The van der Waals surface area contributed by atoms with E-state index < -0.39 is 26.9 Å². The molecule has 2 aromatic heterocycles. The minimum atomic E-state index is -3.00. The molecule has 2 atom stereocenters. The van der Waals surface area contributed by atoms with Crippen LogP contribution in [0.3, 0.4) is 0 Å². The van der Waals surface area contributed by atoms with Gasteiger partial charge in [0.05, 0.1) is 26.2 Å². The summed E-state index contributed by atoms with van der Waals surface area (Å²) in [6.45, 7) is 1.81. The third-order valence-electron chi connectivity index (χ3n) is 6.40. The van der Waals surface area contributed by atoms with Crippen LogP contribution in [0.1, 0.15) is 52.2 Å². The highest BCUT2D eigenvalue weighted by Crippen LogP contribution is 2.25. The number of anilines is 1. The van der Waals surface area contributed by atoms with E-state index in [2.05, 4.69) is 19.8 Å². The fourth-order valence-corrected chi connectivity index (χ4v) is 6.66. The van der Waals surface area contributed by atoms with E-state index in [0.29, 0.717) is 36.2 Å². The molecule has 208 valence electrons. The number of aliphatic carboxylic acids is 1. The maximum Gasteiger partial charge on any atom is 0.303 e. The van der Waals surface area contributed by atoms with Gasteiger partial charge in [0.15, 0.2) is 0 Å². The van der Waals surface area contributed by atoms with E-state index in [1.807, 2.05) is 25.1 Å². The van der Waals surface area contributed by atoms with Gasteiger partial charge in [-0.1, -0.05) is 36.4 Å². The summed E-state index contributed by atoms with van der Waals surface area (Å²) in [7, 11) is -1.30. The highest BCUT2D eigenvalue weighted by molar-refractivity contribution is 7.94. The number of carbonyl (C=O) groups excluding carboxylic acids is 2. The van der Waals surface area contributed by atoms with Crippen molar-refractivity contribution in [1.29, 1.82) is 0 Å². The first-order chi connectivity index (χ1) is 19.1. The van der Waals surface area contributed by atoms with Crippen molar-refractivity contribution >= 4 is 33.2 Å². The van der Waals surface area contributed by atoms with Gasteiger partial charge in [0.1, 0.15) is 5.69 Å². The van der Waals surface area contributed by atoms with E-state index in [9.17, 15) is 18.6 Å². The molecule has 2 N–H and O–H groups in total. The Labute approximate surface area is 233 Å². The summed E-state index contributed by atoms with van der Waals surface area (Å²) >= 11 is 0. The molecule has 1 aliphatic rings. The molecule has 1 aromatic carbocycles. The number of nitrogens with zero attached hydrogens (tertiary/aromatic N) is 4. The Kier molecular flexibility index (Phi) is 9.05. The molecule has 0 saturated heterocycles. The standard InChI is InChI=1S/C29H31N5O5S/c1-20-15-26(34(2)32-20)29(38)31-24-10-8-9-21(17-24)22-16-23(19-30-18-22)28(37)33-40(39,14-7-6-13-27(35)36)25-11-4-3-5-12-25/h3-5,8-11,15-19,25H,6-7,12-14H2,1-2H3,(H,31,38)(H,35,36)/t25?,40-/m0/s1. The zero-order valence-electron chi connectivity index (χ0n) is 22.3. The number of pyridine rings is 1. The van der Waals surface area contributed by atoms with Crippen molar-refractivity contribution in [2.24, 2.45) is 11.4 Å². The molecular weight excluding hydrogens is 530 g/mol. The van der Waals surface area contributed by atoms with Gasteiger partial charge in [0.25, 0.3) is 11.8 Å². The first-order valence-corrected chi connectivity index (χ1v) is 14.6. The fraction of sp³-hybridized carbons (Fsp3) is 0.276. The topological polar surface area (TPSA) is 144 Å². The summed E-state index contributed by atoms with van der Waals surface area (Å²) < 4.78 is 19.6. The van der Waals surface area contributed by atoms with Crippen LogP contribution in [0.15, 0.2) is 77.5 Å². The van der Waals surface area contributed by atoms with Crippen LogP contribution in [0.25, 0.3) is 11.1 Å². The molecule has 10 nitrogen and oxygen atoms in total.